The van der Waals surface area contributed by atoms with Gasteiger partial charge in [0.15, 0.2) is 10.4 Å². The first kappa shape index (κ1) is 28.9. The summed E-state index contributed by atoms with van der Waals surface area (Å²) < 4.78 is 16.7. The third-order valence-corrected chi connectivity index (χ3v) is 7.91. The van der Waals surface area contributed by atoms with Crippen LogP contribution in [0.1, 0.15) is 45.0 Å². The molecule has 1 aromatic carbocycles. The Bertz CT molecular complexity index is 1750. The van der Waals surface area contributed by atoms with E-state index in [1.165, 1.54) is 15.5 Å². The minimum Gasteiger partial charge on any atom is -0.465 e. The molecule has 1 amide bonds. The highest BCUT2D eigenvalue weighted by Crippen LogP contribution is 2.36. The summed E-state index contributed by atoms with van der Waals surface area (Å²) in [5.74, 6) is -0.280. The van der Waals surface area contributed by atoms with Crippen molar-refractivity contribution in [1.29, 1.82) is 0 Å². The fraction of sp³-hybridized carbons (Fsp3) is 0.357. The van der Waals surface area contributed by atoms with Gasteiger partial charge in [-0.1, -0.05) is 37.6 Å². The van der Waals surface area contributed by atoms with E-state index in [4.69, 9.17) is 16.6 Å². The molecule has 5 rings (SSSR count). The highest BCUT2D eigenvalue weighted by Gasteiger charge is 2.35. The van der Waals surface area contributed by atoms with E-state index in [1.54, 1.807) is 38.1 Å². The van der Waals surface area contributed by atoms with E-state index in [0.717, 1.165) is 0 Å². The van der Waals surface area contributed by atoms with E-state index >= 15 is 0 Å². The molecule has 0 bridgehead atoms. The van der Waals surface area contributed by atoms with Crippen molar-refractivity contribution in [3.05, 3.63) is 67.8 Å². The molecule has 1 N–H and O–H groups in total. The van der Waals surface area contributed by atoms with Crippen LogP contribution in [0.15, 0.2) is 39.9 Å². The van der Waals surface area contributed by atoms with Crippen LogP contribution in [0.3, 0.4) is 0 Å². The van der Waals surface area contributed by atoms with Gasteiger partial charge in [-0.2, -0.15) is 4.98 Å². The Morgan fingerprint density at radius 3 is 2.49 bits per heavy atom. The van der Waals surface area contributed by atoms with Crippen molar-refractivity contribution >= 4 is 50.5 Å². The Morgan fingerprint density at radius 2 is 1.83 bits per heavy atom. The summed E-state index contributed by atoms with van der Waals surface area (Å²) in [7, 11) is 0. The van der Waals surface area contributed by atoms with Crippen LogP contribution in [0.25, 0.3) is 28.0 Å². The van der Waals surface area contributed by atoms with Gasteiger partial charge < -0.3 is 14.9 Å². The van der Waals surface area contributed by atoms with E-state index < -0.39 is 17.6 Å². The van der Waals surface area contributed by atoms with Crippen LogP contribution < -0.4 is 10.6 Å². The van der Waals surface area contributed by atoms with E-state index in [0.29, 0.717) is 39.6 Å². The van der Waals surface area contributed by atoms with E-state index in [2.05, 4.69) is 30.9 Å². The molecule has 1 aliphatic heterocycles. The van der Waals surface area contributed by atoms with Gasteiger partial charge in [0.1, 0.15) is 11.6 Å². The molecule has 0 saturated carbocycles. The number of carbonyl (C=O) groups is 1. The first-order valence-corrected chi connectivity index (χ1v) is 14.2. The predicted molar refractivity (Wildman–Crippen MR) is 159 cm³/mol. The number of piperazine rings is 1. The zero-order chi connectivity index (χ0) is 29.7. The number of nitrogens with zero attached hydrogens (tertiary/aromatic N) is 7. The molecule has 0 radical (unpaired) electrons. The Kier molecular flexibility index (Phi) is 7.73. The molecular weight excluding hydrogens is 617 g/mol. The molecule has 41 heavy (non-hydrogen) atoms. The van der Waals surface area contributed by atoms with Gasteiger partial charge in [-0.3, -0.25) is 0 Å². The van der Waals surface area contributed by atoms with Crippen molar-refractivity contribution in [3.8, 4) is 16.9 Å². The second kappa shape index (κ2) is 11.0. The summed E-state index contributed by atoms with van der Waals surface area (Å²) in [4.78, 5) is 47.3. The maximum atomic E-state index is 14.9. The number of aryl methyl sites for hydroxylation is 1. The SMILES string of the molecule is Cc1nc(Br)nc(C(C)C)c1-n1c(=O)nc(N2C[C@@H](C)N(C(=O)O)C[C@@H]2C)c2cc(Cl)c(-c3ccccc3F)nc21. The summed E-state index contributed by atoms with van der Waals surface area (Å²) in [5, 5.41) is 10.3. The molecule has 13 heteroatoms. The van der Waals surface area contributed by atoms with E-state index in [9.17, 15) is 19.1 Å². The Balaban J connectivity index is 1.86. The van der Waals surface area contributed by atoms with E-state index in [-0.39, 0.29) is 46.5 Å². The number of hydrogen-bond acceptors (Lipinski definition) is 7. The topological polar surface area (TPSA) is 117 Å². The fourth-order valence-corrected chi connectivity index (χ4v) is 6.00. The first-order valence-electron chi connectivity index (χ1n) is 13.1. The number of rotatable bonds is 4. The van der Waals surface area contributed by atoms with Gasteiger partial charge in [-0.15, -0.1) is 0 Å². The molecule has 0 aliphatic carbocycles. The normalized spacial score (nSPS) is 17.5. The van der Waals surface area contributed by atoms with Crippen molar-refractivity contribution in [2.75, 3.05) is 18.0 Å². The molecule has 0 unspecified atom stereocenters. The number of halogens is 3. The van der Waals surface area contributed by atoms with Gasteiger partial charge in [0.2, 0.25) is 0 Å². The lowest BCUT2D eigenvalue weighted by atomic mass is 10.1. The number of carboxylic acid groups (broad SMARTS) is 1. The Hall–Kier alpha value is -3.64. The van der Waals surface area contributed by atoms with Crippen molar-refractivity contribution in [1.82, 2.24) is 29.4 Å². The maximum absolute atomic E-state index is 14.9. The van der Waals surface area contributed by atoms with Crippen LogP contribution in [0.4, 0.5) is 15.0 Å². The second-order valence-corrected chi connectivity index (χ2v) is 11.6. The summed E-state index contributed by atoms with van der Waals surface area (Å²) >= 11 is 10.1. The van der Waals surface area contributed by atoms with Gasteiger partial charge in [-0.25, -0.2) is 33.5 Å². The van der Waals surface area contributed by atoms with Crippen LogP contribution in [0.5, 0.6) is 0 Å². The Labute approximate surface area is 249 Å². The molecule has 0 spiro atoms. The number of benzene rings is 1. The summed E-state index contributed by atoms with van der Waals surface area (Å²) in [6.07, 6.45) is -1.01. The summed E-state index contributed by atoms with van der Waals surface area (Å²) in [5.41, 5.74) is 1.49. The average Bonchev–Trinajstić information content (AvgIpc) is 2.90. The van der Waals surface area contributed by atoms with Crippen LogP contribution in [-0.2, 0) is 0 Å². The van der Waals surface area contributed by atoms with Crippen molar-refractivity contribution in [2.45, 2.75) is 52.6 Å². The fourth-order valence-electron chi connectivity index (χ4n) is 5.29. The van der Waals surface area contributed by atoms with Crippen LogP contribution in [0.2, 0.25) is 5.02 Å². The van der Waals surface area contributed by atoms with Gasteiger partial charge >= 0.3 is 11.8 Å². The Morgan fingerprint density at radius 1 is 1.12 bits per heavy atom. The second-order valence-electron chi connectivity index (χ2n) is 10.5. The third kappa shape index (κ3) is 5.14. The van der Waals surface area contributed by atoms with Crippen LogP contribution in [0, 0.1) is 12.7 Å². The van der Waals surface area contributed by atoms with Crippen LogP contribution >= 0.6 is 27.5 Å². The number of hydrogen-bond donors (Lipinski definition) is 1. The van der Waals surface area contributed by atoms with Crippen molar-refractivity contribution < 1.29 is 14.3 Å². The van der Waals surface area contributed by atoms with Crippen LogP contribution in [-0.4, -0.2) is 65.8 Å². The van der Waals surface area contributed by atoms with Gasteiger partial charge in [0.25, 0.3) is 0 Å². The van der Waals surface area contributed by atoms with Crippen molar-refractivity contribution in [3.63, 3.8) is 0 Å². The summed E-state index contributed by atoms with van der Waals surface area (Å²) in [6, 6.07) is 7.11. The molecule has 2 atom stereocenters. The third-order valence-electron chi connectivity index (χ3n) is 7.26. The maximum Gasteiger partial charge on any atom is 0.407 e. The highest BCUT2D eigenvalue weighted by atomic mass is 79.9. The summed E-state index contributed by atoms with van der Waals surface area (Å²) in [6.45, 7) is 9.85. The van der Waals surface area contributed by atoms with Crippen molar-refractivity contribution in [2.24, 2.45) is 0 Å². The molecule has 214 valence electrons. The standard InChI is InChI=1S/C28H28BrClFN7O3/c1-13(2)21-23(16(5)32-26(29)34-21)38-25-18(10-19(30)22(33-25)17-8-6-7-9-20(17)31)24(35-27(38)39)36-11-15(4)37(28(40)41)12-14(36)3/h6-10,13-15H,11-12H2,1-5H3,(H,40,41)/t14-,15+/m0/s1. The zero-order valence-electron chi connectivity index (χ0n) is 23.1. The average molecular weight is 645 g/mol. The van der Waals surface area contributed by atoms with E-state index in [1.807, 2.05) is 25.7 Å². The lowest BCUT2D eigenvalue weighted by molar-refractivity contribution is 0.114. The molecule has 1 aliphatic rings. The largest absolute Gasteiger partial charge is 0.465 e. The molecule has 1 fully saturated rings. The molecule has 10 nitrogen and oxygen atoms in total. The number of aromatic nitrogens is 5. The molecule has 3 aromatic heterocycles. The van der Waals surface area contributed by atoms with Gasteiger partial charge in [0.05, 0.1) is 33.2 Å². The lowest BCUT2D eigenvalue weighted by Crippen LogP contribution is -2.58. The smallest absolute Gasteiger partial charge is 0.407 e. The minimum atomic E-state index is -1.01. The first-order chi connectivity index (χ1) is 19.4. The van der Waals surface area contributed by atoms with Gasteiger partial charge in [-0.05, 0) is 60.8 Å². The number of anilines is 1. The van der Waals surface area contributed by atoms with Gasteiger partial charge in [0, 0.05) is 30.7 Å². The zero-order valence-corrected chi connectivity index (χ0v) is 25.4. The highest BCUT2D eigenvalue weighted by molar-refractivity contribution is 9.10. The number of fused-ring (bicyclic) bond motifs is 1. The molecular formula is C28H28BrClFN7O3. The molecule has 4 aromatic rings. The minimum absolute atomic E-state index is 0.0899. The predicted octanol–water partition coefficient (Wildman–Crippen LogP) is 5.80. The monoisotopic (exact) mass is 643 g/mol. The molecule has 1 saturated heterocycles. The molecule has 4 heterocycles. The lowest BCUT2D eigenvalue weighted by Gasteiger charge is -2.43. The number of amides is 1. The number of pyridine rings is 1. The quantitative estimate of drug-likeness (QED) is 0.277.